The highest BCUT2D eigenvalue weighted by molar-refractivity contribution is 6.15. The van der Waals surface area contributed by atoms with Crippen molar-refractivity contribution in [1.29, 1.82) is 0 Å². The lowest BCUT2D eigenvalue weighted by molar-refractivity contribution is -0.126. The van der Waals surface area contributed by atoms with Crippen LogP contribution in [0.4, 0.5) is 0 Å². The molecular formula is C18H24N2O. The van der Waals surface area contributed by atoms with E-state index in [0.717, 1.165) is 30.5 Å². The fraction of sp³-hybridized carbons (Fsp3) is 0.556. The number of hydrogen-bond donors (Lipinski definition) is 1. The molecule has 1 aliphatic carbocycles. The Morgan fingerprint density at radius 3 is 2.67 bits per heavy atom. The number of carbonyl (C=O) groups is 1. The van der Waals surface area contributed by atoms with Crippen molar-refractivity contribution in [2.45, 2.75) is 52.5 Å². The van der Waals surface area contributed by atoms with Crippen LogP contribution in [0, 0.1) is 11.3 Å². The Bertz CT molecular complexity index is 571. The van der Waals surface area contributed by atoms with Crippen LogP contribution < -0.4 is 5.43 Å². The molecule has 2 atom stereocenters. The first-order valence-corrected chi connectivity index (χ1v) is 7.95. The summed E-state index contributed by atoms with van der Waals surface area (Å²) < 4.78 is 0. The minimum atomic E-state index is -0.0601. The summed E-state index contributed by atoms with van der Waals surface area (Å²) in [6, 6.07) is 8.71. The van der Waals surface area contributed by atoms with Crippen molar-refractivity contribution in [3.8, 4) is 0 Å². The molecule has 21 heavy (non-hydrogen) atoms. The summed E-state index contributed by atoms with van der Waals surface area (Å²) in [5, 5.41) is 4.49. The Balaban J connectivity index is 1.82. The molecule has 0 radical (unpaired) electrons. The van der Waals surface area contributed by atoms with Gasteiger partial charge in [-0.3, -0.25) is 4.79 Å². The summed E-state index contributed by atoms with van der Waals surface area (Å²) in [5.74, 6) is 0.271. The quantitative estimate of drug-likeness (QED) is 0.925. The molecule has 1 aromatic rings. The van der Waals surface area contributed by atoms with E-state index in [0.29, 0.717) is 12.2 Å². The normalized spacial score (nSPS) is 27.0. The van der Waals surface area contributed by atoms with Crippen LogP contribution in [-0.4, -0.2) is 17.5 Å². The van der Waals surface area contributed by atoms with E-state index in [9.17, 15) is 4.79 Å². The van der Waals surface area contributed by atoms with Crippen LogP contribution >= 0.6 is 0 Å². The zero-order valence-electron chi connectivity index (χ0n) is 13.1. The first kappa shape index (κ1) is 14.3. The maximum absolute atomic E-state index is 12.5. The molecule has 112 valence electrons. The van der Waals surface area contributed by atoms with Gasteiger partial charge in [-0.1, -0.05) is 51.5 Å². The van der Waals surface area contributed by atoms with E-state index in [1.54, 1.807) is 0 Å². The first-order valence-electron chi connectivity index (χ1n) is 7.95. The Morgan fingerprint density at radius 2 is 2.00 bits per heavy atom. The maximum atomic E-state index is 12.5. The average Bonchev–Trinajstić information content (AvgIpc) is 2.82. The van der Waals surface area contributed by atoms with Crippen molar-refractivity contribution < 1.29 is 4.79 Å². The van der Waals surface area contributed by atoms with Gasteiger partial charge < -0.3 is 5.43 Å². The maximum Gasteiger partial charge on any atom is 0.144 e. The topological polar surface area (TPSA) is 41.5 Å². The smallest absolute Gasteiger partial charge is 0.144 e. The number of fused-ring (bicyclic) bond motifs is 1. The summed E-state index contributed by atoms with van der Waals surface area (Å²) in [4.78, 5) is 12.5. The predicted molar refractivity (Wildman–Crippen MR) is 85.4 cm³/mol. The lowest BCUT2D eigenvalue weighted by atomic mass is 9.68. The Kier molecular flexibility index (Phi) is 3.60. The van der Waals surface area contributed by atoms with Gasteiger partial charge in [-0.15, -0.1) is 0 Å². The summed E-state index contributed by atoms with van der Waals surface area (Å²) in [6.07, 6.45) is 3.91. The van der Waals surface area contributed by atoms with Crippen LogP contribution in [-0.2, 0) is 11.2 Å². The summed E-state index contributed by atoms with van der Waals surface area (Å²) >= 11 is 0. The number of rotatable bonds is 3. The standard InChI is InChI=1S/C18H24N2O/c1-4-5-12-6-8-13(9-7-12)17-16-14(19-20-17)10-18(2,3)11-15(16)21/h6-9,14,16,19H,4-5,10-11H2,1-3H3/t14-,16+/m1/s1. The van der Waals surface area contributed by atoms with Crippen molar-refractivity contribution in [3.63, 3.8) is 0 Å². The zero-order valence-corrected chi connectivity index (χ0v) is 13.1. The molecule has 1 heterocycles. The fourth-order valence-corrected chi connectivity index (χ4v) is 3.65. The van der Waals surface area contributed by atoms with Gasteiger partial charge in [0.2, 0.25) is 0 Å². The van der Waals surface area contributed by atoms with E-state index in [-0.39, 0.29) is 17.4 Å². The molecule has 1 aromatic carbocycles. The van der Waals surface area contributed by atoms with Gasteiger partial charge in [0.1, 0.15) is 5.78 Å². The molecule has 2 aliphatic rings. The van der Waals surface area contributed by atoms with Gasteiger partial charge in [-0.2, -0.15) is 5.10 Å². The molecule has 0 aromatic heterocycles. The lowest BCUT2D eigenvalue weighted by Gasteiger charge is -2.36. The molecule has 0 spiro atoms. The molecule has 3 nitrogen and oxygen atoms in total. The predicted octanol–water partition coefficient (Wildman–Crippen LogP) is 3.32. The Morgan fingerprint density at radius 1 is 1.29 bits per heavy atom. The summed E-state index contributed by atoms with van der Waals surface area (Å²) in [7, 11) is 0. The highest BCUT2D eigenvalue weighted by atomic mass is 16.1. The first-order chi connectivity index (χ1) is 10.00. The van der Waals surface area contributed by atoms with Crippen LogP contribution in [0.2, 0.25) is 0 Å². The number of nitrogens with zero attached hydrogens (tertiary/aromatic N) is 1. The number of hydrogen-bond acceptors (Lipinski definition) is 3. The fourth-order valence-electron chi connectivity index (χ4n) is 3.65. The Labute approximate surface area is 126 Å². The van der Waals surface area contributed by atoms with Gasteiger partial charge in [0.15, 0.2) is 0 Å². The average molecular weight is 284 g/mol. The number of hydrazone groups is 1. The second-order valence-electron chi connectivity index (χ2n) is 7.17. The van der Waals surface area contributed by atoms with Gasteiger partial charge in [-0.25, -0.2) is 0 Å². The van der Waals surface area contributed by atoms with Gasteiger partial charge >= 0.3 is 0 Å². The van der Waals surface area contributed by atoms with Crippen LogP contribution in [0.15, 0.2) is 29.4 Å². The third kappa shape index (κ3) is 2.74. The summed E-state index contributed by atoms with van der Waals surface area (Å²) in [5.41, 5.74) is 6.65. The van der Waals surface area contributed by atoms with Crippen molar-refractivity contribution in [3.05, 3.63) is 35.4 Å². The van der Waals surface area contributed by atoms with E-state index in [2.05, 4.69) is 55.6 Å². The summed E-state index contributed by atoms with van der Waals surface area (Å²) in [6.45, 7) is 6.52. The SMILES string of the molecule is CCCc1ccc(C2=NN[C@@H]3CC(C)(C)CC(=O)[C@@H]23)cc1. The second-order valence-corrected chi connectivity index (χ2v) is 7.17. The van der Waals surface area contributed by atoms with Crippen molar-refractivity contribution in [1.82, 2.24) is 5.43 Å². The molecule has 0 saturated heterocycles. The third-order valence-electron chi connectivity index (χ3n) is 4.61. The number of carbonyl (C=O) groups excluding carboxylic acids is 1. The number of ketones is 1. The molecule has 3 heteroatoms. The molecule has 0 amide bonds. The van der Waals surface area contributed by atoms with Gasteiger partial charge in [0, 0.05) is 6.42 Å². The molecule has 1 aliphatic heterocycles. The largest absolute Gasteiger partial charge is 0.306 e. The lowest BCUT2D eigenvalue weighted by Crippen LogP contribution is -2.45. The Hall–Kier alpha value is -1.64. The number of benzene rings is 1. The van der Waals surface area contributed by atoms with Crippen LogP contribution in [0.25, 0.3) is 0 Å². The number of aryl methyl sites for hydroxylation is 1. The van der Waals surface area contributed by atoms with Crippen LogP contribution in [0.3, 0.4) is 0 Å². The highest BCUT2D eigenvalue weighted by Gasteiger charge is 2.46. The van der Waals surface area contributed by atoms with Gasteiger partial charge in [0.05, 0.1) is 17.7 Å². The second kappa shape index (κ2) is 5.28. The van der Waals surface area contributed by atoms with Crippen LogP contribution in [0.5, 0.6) is 0 Å². The van der Waals surface area contributed by atoms with Gasteiger partial charge in [-0.05, 0) is 29.4 Å². The number of nitrogens with one attached hydrogen (secondary N) is 1. The molecule has 1 saturated carbocycles. The molecule has 1 N–H and O–H groups in total. The van der Waals surface area contributed by atoms with Crippen LogP contribution in [0.1, 0.15) is 51.2 Å². The van der Waals surface area contributed by atoms with E-state index in [1.165, 1.54) is 5.56 Å². The monoisotopic (exact) mass is 284 g/mol. The van der Waals surface area contributed by atoms with E-state index in [4.69, 9.17) is 0 Å². The minimum absolute atomic E-state index is 0.0601. The van der Waals surface area contributed by atoms with Gasteiger partial charge in [0.25, 0.3) is 0 Å². The minimum Gasteiger partial charge on any atom is -0.306 e. The molecule has 0 bridgehead atoms. The molecule has 0 unspecified atom stereocenters. The molecule has 1 fully saturated rings. The van der Waals surface area contributed by atoms with E-state index in [1.807, 2.05) is 0 Å². The third-order valence-corrected chi connectivity index (χ3v) is 4.61. The van der Waals surface area contributed by atoms with E-state index < -0.39 is 0 Å². The van der Waals surface area contributed by atoms with Crippen molar-refractivity contribution in [2.75, 3.05) is 0 Å². The highest BCUT2D eigenvalue weighted by Crippen LogP contribution is 2.39. The molecular weight excluding hydrogens is 260 g/mol. The van der Waals surface area contributed by atoms with Crippen molar-refractivity contribution in [2.24, 2.45) is 16.4 Å². The van der Waals surface area contributed by atoms with E-state index >= 15 is 0 Å². The molecule has 3 rings (SSSR count). The number of Topliss-reactive ketones (excluding diaryl/α,β-unsaturated/α-hetero) is 1. The zero-order chi connectivity index (χ0) is 15.0. The van der Waals surface area contributed by atoms with Crippen molar-refractivity contribution >= 4 is 11.5 Å².